The molecule has 0 unspecified atom stereocenters. The standard InChI is InChI=1S/C13H10ClNO4S/c1-19-10-4-5-20-11(10)12(16)15-7-2-3-8(13(17)18)9(14)6-7/h2-6H,1H3,(H,15,16)(H,17,18). The van der Waals surface area contributed by atoms with Crippen LogP contribution in [0.15, 0.2) is 29.6 Å². The van der Waals surface area contributed by atoms with Gasteiger partial charge >= 0.3 is 5.97 Å². The highest BCUT2D eigenvalue weighted by Gasteiger charge is 2.15. The molecule has 2 rings (SSSR count). The van der Waals surface area contributed by atoms with Gasteiger partial charge in [-0.1, -0.05) is 11.6 Å². The maximum absolute atomic E-state index is 12.0. The molecule has 7 heteroatoms. The minimum atomic E-state index is -1.12. The molecule has 1 aromatic heterocycles. The first-order valence-electron chi connectivity index (χ1n) is 5.48. The molecule has 0 saturated carbocycles. The smallest absolute Gasteiger partial charge is 0.337 e. The molecule has 0 saturated heterocycles. The average molecular weight is 312 g/mol. The average Bonchev–Trinajstić information content (AvgIpc) is 2.86. The lowest BCUT2D eigenvalue weighted by Crippen LogP contribution is -2.11. The van der Waals surface area contributed by atoms with Crippen molar-refractivity contribution in [3.63, 3.8) is 0 Å². The van der Waals surface area contributed by atoms with E-state index in [-0.39, 0.29) is 16.5 Å². The molecule has 0 atom stereocenters. The van der Waals surface area contributed by atoms with Gasteiger partial charge in [0.1, 0.15) is 10.6 Å². The lowest BCUT2D eigenvalue weighted by Gasteiger charge is -2.07. The molecule has 2 aromatic rings. The number of carboxylic acid groups (broad SMARTS) is 1. The minimum Gasteiger partial charge on any atom is -0.495 e. The van der Waals surface area contributed by atoms with Crippen molar-refractivity contribution in [3.05, 3.63) is 45.1 Å². The number of thiophene rings is 1. The topological polar surface area (TPSA) is 75.6 Å². The molecule has 104 valence electrons. The second-order valence-corrected chi connectivity index (χ2v) is 5.10. The molecule has 1 aromatic carbocycles. The van der Waals surface area contributed by atoms with Crippen LogP contribution in [-0.2, 0) is 0 Å². The van der Waals surface area contributed by atoms with E-state index in [2.05, 4.69) is 5.32 Å². The number of methoxy groups -OCH3 is 1. The van der Waals surface area contributed by atoms with Gasteiger partial charge in [-0.2, -0.15) is 0 Å². The van der Waals surface area contributed by atoms with Gasteiger partial charge < -0.3 is 15.2 Å². The fourth-order valence-electron chi connectivity index (χ4n) is 1.58. The number of ether oxygens (including phenoxy) is 1. The largest absolute Gasteiger partial charge is 0.495 e. The third-order valence-electron chi connectivity index (χ3n) is 2.51. The molecule has 20 heavy (non-hydrogen) atoms. The molecule has 2 N–H and O–H groups in total. The van der Waals surface area contributed by atoms with E-state index in [9.17, 15) is 9.59 Å². The third-order valence-corrected chi connectivity index (χ3v) is 3.72. The number of rotatable bonds is 4. The number of aromatic carboxylic acids is 1. The van der Waals surface area contributed by atoms with E-state index in [1.807, 2.05) is 0 Å². The molecule has 0 bridgehead atoms. The van der Waals surface area contributed by atoms with E-state index < -0.39 is 5.97 Å². The van der Waals surface area contributed by atoms with Gasteiger partial charge in [-0.25, -0.2) is 4.79 Å². The third kappa shape index (κ3) is 2.92. The van der Waals surface area contributed by atoms with Crippen molar-refractivity contribution in [1.29, 1.82) is 0 Å². The highest BCUT2D eigenvalue weighted by atomic mass is 35.5. The van der Waals surface area contributed by atoms with Crippen LogP contribution in [0.2, 0.25) is 5.02 Å². The quantitative estimate of drug-likeness (QED) is 0.907. The van der Waals surface area contributed by atoms with Crippen molar-refractivity contribution in [1.82, 2.24) is 0 Å². The number of amides is 1. The second-order valence-electron chi connectivity index (χ2n) is 3.77. The number of hydrogen-bond acceptors (Lipinski definition) is 4. The summed E-state index contributed by atoms with van der Waals surface area (Å²) in [6.07, 6.45) is 0. The highest BCUT2D eigenvalue weighted by molar-refractivity contribution is 7.12. The van der Waals surface area contributed by atoms with Crippen LogP contribution < -0.4 is 10.1 Å². The predicted octanol–water partition coefficient (Wildman–Crippen LogP) is 3.36. The van der Waals surface area contributed by atoms with Crippen LogP contribution in [0.1, 0.15) is 20.0 Å². The number of carbonyl (C=O) groups is 2. The predicted molar refractivity (Wildman–Crippen MR) is 77.2 cm³/mol. The summed E-state index contributed by atoms with van der Waals surface area (Å²) in [6.45, 7) is 0. The molecule has 0 aliphatic carbocycles. The number of hydrogen-bond donors (Lipinski definition) is 2. The highest BCUT2D eigenvalue weighted by Crippen LogP contribution is 2.26. The Morgan fingerprint density at radius 2 is 2.10 bits per heavy atom. The summed E-state index contributed by atoms with van der Waals surface area (Å²) >= 11 is 7.09. The molecular weight excluding hydrogens is 302 g/mol. The first kappa shape index (κ1) is 14.4. The summed E-state index contributed by atoms with van der Waals surface area (Å²) in [4.78, 5) is 23.3. The number of anilines is 1. The molecule has 0 fully saturated rings. The van der Waals surface area contributed by atoms with Crippen molar-refractivity contribution in [2.45, 2.75) is 0 Å². The zero-order chi connectivity index (χ0) is 14.7. The van der Waals surface area contributed by atoms with Gasteiger partial charge in [0.25, 0.3) is 5.91 Å². The summed E-state index contributed by atoms with van der Waals surface area (Å²) in [5.41, 5.74) is 0.402. The Balaban J connectivity index is 2.20. The molecular formula is C13H10ClNO4S. The Morgan fingerprint density at radius 1 is 1.35 bits per heavy atom. The van der Waals surface area contributed by atoms with Crippen LogP contribution in [0.3, 0.4) is 0 Å². The number of benzene rings is 1. The van der Waals surface area contributed by atoms with Crippen molar-refractivity contribution in [2.24, 2.45) is 0 Å². The Labute approximate surface area is 123 Å². The van der Waals surface area contributed by atoms with Crippen LogP contribution in [0, 0.1) is 0 Å². The normalized spacial score (nSPS) is 10.1. The fraction of sp³-hybridized carbons (Fsp3) is 0.0769. The Bertz CT molecular complexity index is 668. The molecule has 5 nitrogen and oxygen atoms in total. The van der Waals surface area contributed by atoms with Crippen LogP contribution in [0.5, 0.6) is 5.75 Å². The summed E-state index contributed by atoms with van der Waals surface area (Å²) in [5, 5.41) is 13.3. The maximum atomic E-state index is 12.0. The van der Waals surface area contributed by atoms with Gasteiger partial charge in [-0.3, -0.25) is 4.79 Å². The maximum Gasteiger partial charge on any atom is 0.337 e. The molecule has 0 radical (unpaired) electrons. The van der Waals surface area contributed by atoms with E-state index in [1.54, 1.807) is 11.4 Å². The zero-order valence-corrected chi connectivity index (χ0v) is 11.9. The van der Waals surface area contributed by atoms with Gasteiger partial charge in [-0.15, -0.1) is 11.3 Å². The number of nitrogens with one attached hydrogen (secondary N) is 1. The Kier molecular flexibility index (Phi) is 4.26. The summed E-state index contributed by atoms with van der Waals surface area (Å²) < 4.78 is 5.06. The number of carboxylic acids is 1. The van der Waals surface area contributed by atoms with Crippen LogP contribution >= 0.6 is 22.9 Å². The second kappa shape index (κ2) is 5.94. The van der Waals surface area contributed by atoms with Crippen molar-refractivity contribution in [2.75, 3.05) is 12.4 Å². The minimum absolute atomic E-state index is 0.0154. The van der Waals surface area contributed by atoms with E-state index >= 15 is 0 Å². The van der Waals surface area contributed by atoms with E-state index in [1.165, 1.54) is 36.6 Å². The Morgan fingerprint density at radius 3 is 2.70 bits per heavy atom. The van der Waals surface area contributed by atoms with Crippen LogP contribution in [0.25, 0.3) is 0 Å². The van der Waals surface area contributed by atoms with Crippen molar-refractivity contribution >= 4 is 40.5 Å². The summed E-state index contributed by atoms with van der Waals surface area (Å²) in [5.74, 6) is -0.968. The van der Waals surface area contributed by atoms with E-state index in [4.69, 9.17) is 21.4 Å². The molecule has 0 aliphatic heterocycles. The zero-order valence-electron chi connectivity index (χ0n) is 10.3. The SMILES string of the molecule is COc1ccsc1C(=O)Nc1ccc(C(=O)O)c(Cl)c1. The van der Waals surface area contributed by atoms with Gasteiger partial charge in [0.15, 0.2) is 0 Å². The monoisotopic (exact) mass is 311 g/mol. The van der Waals surface area contributed by atoms with E-state index in [0.29, 0.717) is 16.3 Å². The van der Waals surface area contributed by atoms with Crippen molar-refractivity contribution in [3.8, 4) is 5.75 Å². The van der Waals surface area contributed by atoms with Crippen LogP contribution in [0.4, 0.5) is 5.69 Å². The molecule has 1 heterocycles. The summed E-state index contributed by atoms with van der Waals surface area (Å²) in [7, 11) is 1.48. The number of carbonyl (C=O) groups excluding carboxylic acids is 1. The first-order valence-corrected chi connectivity index (χ1v) is 6.74. The first-order chi connectivity index (χ1) is 9.52. The molecule has 0 aliphatic rings. The molecule has 0 spiro atoms. The lowest BCUT2D eigenvalue weighted by atomic mass is 10.2. The van der Waals surface area contributed by atoms with Gasteiger partial charge in [0, 0.05) is 5.69 Å². The lowest BCUT2D eigenvalue weighted by molar-refractivity contribution is 0.0697. The Hall–Kier alpha value is -2.05. The fourth-order valence-corrected chi connectivity index (χ4v) is 2.59. The van der Waals surface area contributed by atoms with Crippen molar-refractivity contribution < 1.29 is 19.4 Å². The molecule has 1 amide bonds. The number of halogens is 1. The van der Waals surface area contributed by atoms with Gasteiger partial charge in [0.2, 0.25) is 0 Å². The van der Waals surface area contributed by atoms with E-state index in [0.717, 1.165) is 0 Å². The van der Waals surface area contributed by atoms with Gasteiger partial charge in [0.05, 0.1) is 17.7 Å². The van der Waals surface area contributed by atoms with Gasteiger partial charge in [-0.05, 0) is 29.6 Å². The van der Waals surface area contributed by atoms with Crippen LogP contribution in [-0.4, -0.2) is 24.1 Å². The summed E-state index contributed by atoms with van der Waals surface area (Å²) in [6, 6.07) is 5.91.